The summed E-state index contributed by atoms with van der Waals surface area (Å²) in [7, 11) is 0. The highest BCUT2D eigenvalue weighted by molar-refractivity contribution is 5.88. The normalized spacial score (nSPS) is 19.4. The van der Waals surface area contributed by atoms with Crippen molar-refractivity contribution in [3.8, 4) is 0 Å². The predicted molar refractivity (Wildman–Crippen MR) is 64.2 cm³/mol. The Morgan fingerprint density at radius 1 is 1.40 bits per heavy atom. The molecule has 0 saturated carbocycles. The topological polar surface area (TPSA) is 63.4 Å². The molecule has 1 aliphatic heterocycles. The van der Waals surface area contributed by atoms with Crippen LogP contribution in [0.1, 0.15) is 17.5 Å². The number of likely N-dealkylation sites (tertiary alicyclic amines) is 1. The summed E-state index contributed by atoms with van der Waals surface area (Å²) in [5.74, 6) is -1.40. The minimum atomic E-state index is -4.42. The van der Waals surface area contributed by atoms with Crippen molar-refractivity contribution in [2.75, 3.05) is 6.54 Å². The number of amides is 2. The third-order valence-corrected chi connectivity index (χ3v) is 3.24. The number of rotatable bonds is 3. The Bertz CT molecular complexity index is 543. The maximum Gasteiger partial charge on any atom is 0.416 e. The van der Waals surface area contributed by atoms with E-state index in [-0.39, 0.29) is 25.4 Å². The van der Waals surface area contributed by atoms with Gasteiger partial charge < -0.3 is 10.6 Å². The highest BCUT2D eigenvalue weighted by Crippen LogP contribution is 2.30. The van der Waals surface area contributed by atoms with Crippen LogP contribution in [0.3, 0.4) is 0 Å². The molecule has 2 N–H and O–H groups in total. The second-order valence-corrected chi connectivity index (χ2v) is 4.78. The molecule has 108 valence electrons. The average Bonchev–Trinajstić information content (AvgIpc) is 2.70. The Hall–Kier alpha value is -2.05. The summed E-state index contributed by atoms with van der Waals surface area (Å²) in [6, 6.07) is 4.79. The fraction of sp³-hybridized carbons (Fsp3) is 0.385. The van der Waals surface area contributed by atoms with Gasteiger partial charge in [-0.3, -0.25) is 9.59 Å². The Morgan fingerprint density at radius 3 is 2.65 bits per heavy atom. The molecule has 20 heavy (non-hydrogen) atoms. The third-order valence-electron chi connectivity index (χ3n) is 3.24. The van der Waals surface area contributed by atoms with E-state index in [1.807, 2.05) is 0 Å². The van der Waals surface area contributed by atoms with Crippen LogP contribution in [-0.2, 0) is 22.3 Å². The maximum atomic E-state index is 12.6. The second kappa shape index (κ2) is 5.15. The molecule has 1 aromatic rings. The van der Waals surface area contributed by atoms with E-state index in [2.05, 4.69) is 0 Å². The summed E-state index contributed by atoms with van der Waals surface area (Å²) in [4.78, 5) is 24.0. The predicted octanol–water partition coefficient (Wildman–Crippen LogP) is 1.54. The first-order valence-corrected chi connectivity index (χ1v) is 6.00. The first-order valence-electron chi connectivity index (χ1n) is 6.00. The number of carbonyl (C=O) groups is 2. The van der Waals surface area contributed by atoms with Crippen LogP contribution < -0.4 is 5.73 Å². The Balaban J connectivity index is 2.11. The Labute approximate surface area is 113 Å². The minimum Gasteiger partial charge on any atom is -0.369 e. The van der Waals surface area contributed by atoms with E-state index in [1.165, 1.54) is 17.0 Å². The van der Waals surface area contributed by atoms with Crippen LogP contribution in [-0.4, -0.2) is 23.3 Å². The van der Waals surface area contributed by atoms with Gasteiger partial charge in [0.25, 0.3) is 0 Å². The summed E-state index contributed by atoms with van der Waals surface area (Å²) >= 11 is 0. The molecular weight excluding hydrogens is 273 g/mol. The number of hydrogen-bond donors (Lipinski definition) is 1. The van der Waals surface area contributed by atoms with Crippen LogP contribution in [0.25, 0.3) is 0 Å². The number of nitrogens with two attached hydrogens (primary N) is 1. The lowest BCUT2D eigenvalue weighted by Gasteiger charge is -2.17. The van der Waals surface area contributed by atoms with Gasteiger partial charge in [-0.1, -0.05) is 12.1 Å². The van der Waals surface area contributed by atoms with Gasteiger partial charge in [0.2, 0.25) is 11.8 Å². The van der Waals surface area contributed by atoms with Gasteiger partial charge in [0.05, 0.1) is 11.5 Å². The molecule has 4 nitrogen and oxygen atoms in total. The van der Waals surface area contributed by atoms with Gasteiger partial charge in [0.15, 0.2) is 0 Å². The summed E-state index contributed by atoms with van der Waals surface area (Å²) in [6.07, 6.45) is -4.39. The van der Waals surface area contributed by atoms with Crippen LogP contribution >= 0.6 is 0 Å². The van der Waals surface area contributed by atoms with Gasteiger partial charge >= 0.3 is 6.18 Å². The second-order valence-electron chi connectivity index (χ2n) is 4.78. The van der Waals surface area contributed by atoms with Crippen molar-refractivity contribution >= 4 is 11.8 Å². The average molecular weight is 286 g/mol. The highest BCUT2D eigenvalue weighted by atomic mass is 19.4. The lowest BCUT2D eigenvalue weighted by Crippen LogP contribution is -2.28. The maximum absolute atomic E-state index is 12.6. The van der Waals surface area contributed by atoms with Gasteiger partial charge in [-0.2, -0.15) is 13.2 Å². The molecule has 0 aromatic heterocycles. The number of benzene rings is 1. The lowest BCUT2D eigenvalue weighted by molar-refractivity contribution is -0.137. The van der Waals surface area contributed by atoms with Gasteiger partial charge in [-0.05, 0) is 17.7 Å². The molecule has 0 radical (unpaired) electrons. The smallest absolute Gasteiger partial charge is 0.369 e. The highest BCUT2D eigenvalue weighted by Gasteiger charge is 2.34. The quantitative estimate of drug-likeness (QED) is 0.916. The number of halogens is 3. The standard InChI is InChI=1S/C13H13F3N2O2/c14-13(15,16)10-3-1-2-8(4-10)6-18-7-9(12(17)20)5-11(18)19/h1-4,9H,5-7H2,(H2,17,20). The van der Waals surface area contributed by atoms with E-state index in [1.54, 1.807) is 0 Å². The zero-order valence-electron chi connectivity index (χ0n) is 10.5. The summed E-state index contributed by atoms with van der Waals surface area (Å²) in [5.41, 5.74) is 4.75. The van der Waals surface area contributed by atoms with Crippen molar-refractivity contribution in [2.24, 2.45) is 11.7 Å². The van der Waals surface area contributed by atoms with E-state index in [0.29, 0.717) is 5.56 Å². The van der Waals surface area contributed by atoms with Gasteiger partial charge in [-0.25, -0.2) is 0 Å². The summed E-state index contributed by atoms with van der Waals surface area (Å²) in [6.45, 7) is 0.205. The first kappa shape index (κ1) is 14.4. The summed E-state index contributed by atoms with van der Waals surface area (Å²) < 4.78 is 37.8. The number of primary amides is 1. The molecule has 1 heterocycles. The molecular formula is C13H13F3N2O2. The molecule has 0 spiro atoms. The molecule has 2 rings (SSSR count). The molecule has 0 aliphatic carbocycles. The molecule has 7 heteroatoms. The molecule has 1 unspecified atom stereocenters. The van der Waals surface area contributed by atoms with Crippen molar-refractivity contribution in [3.05, 3.63) is 35.4 Å². The van der Waals surface area contributed by atoms with Crippen LogP contribution in [0, 0.1) is 5.92 Å². The van der Waals surface area contributed by atoms with E-state index in [9.17, 15) is 22.8 Å². The molecule has 1 aromatic carbocycles. The first-order chi connectivity index (χ1) is 9.27. The van der Waals surface area contributed by atoms with Gasteiger partial charge in [-0.15, -0.1) is 0 Å². The van der Waals surface area contributed by atoms with Crippen LogP contribution in [0.15, 0.2) is 24.3 Å². The Morgan fingerprint density at radius 2 is 2.10 bits per heavy atom. The largest absolute Gasteiger partial charge is 0.416 e. The van der Waals surface area contributed by atoms with Crippen molar-refractivity contribution in [2.45, 2.75) is 19.1 Å². The number of hydrogen-bond acceptors (Lipinski definition) is 2. The van der Waals surface area contributed by atoms with Crippen LogP contribution in [0.2, 0.25) is 0 Å². The summed E-state index contributed by atoms with van der Waals surface area (Å²) in [5, 5.41) is 0. The molecule has 0 bridgehead atoms. The van der Waals surface area contributed by atoms with Crippen LogP contribution in [0.4, 0.5) is 13.2 Å². The fourth-order valence-corrected chi connectivity index (χ4v) is 2.18. The SMILES string of the molecule is NC(=O)C1CC(=O)N(Cc2cccc(C(F)(F)F)c2)C1. The number of alkyl halides is 3. The Kier molecular flexibility index (Phi) is 3.69. The van der Waals surface area contributed by atoms with Crippen LogP contribution in [0.5, 0.6) is 0 Å². The molecule has 1 aliphatic rings. The van der Waals surface area contributed by atoms with Gasteiger partial charge in [0.1, 0.15) is 0 Å². The van der Waals surface area contributed by atoms with E-state index in [4.69, 9.17) is 5.73 Å². The molecule has 1 fully saturated rings. The van der Waals surface area contributed by atoms with E-state index < -0.39 is 23.6 Å². The zero-order valence-corrected chi connectivity index (χ0v) is 10.5. The number of nitrogens with zero attached hydrogens (tertiary/aromatic N) is 1. The fourth-order valence-electron chi connectivity index (χ4n) is 2.18. The van der Waals surface area contributed by atoms with Crippen molar-refractivity contribution in [1.82, 2.24) is 4.90 Å². The van der Waals surface area contributed by atoms with E-state index in [0.717, 1.165) is 12.1 Å². The lowest BCUT2D eigenvalue weighted by atomic mass is 10.1. The zero-order chi connectivity index (χ0) is 14.9. The van der Waals surface area contributed by atoms with Crippen molar-refractivity contribution in [3.63, 3.8) is 0 Å². The minimum absolute atomic E-state index is 0.0221. The molecule has 2 amide bonds. The molecule has 1 saturated heterocycles. The third kappa shape index (κ3) is 3.09. The van der Waals surface area contributed by atoms with Crippen molar-refractivity contribution in [1.29, 1.82) is 0 Å². The monoisotopic (exact) mass is 286 g/mol. The molecule has 1 atom stereocenters. The van der Waals surface area contributed by atoms with E-state index >= 15 is 0 Å². The van der Waals surface area contributed by atoms with Gasteiger partial charge in [0, 0.05) is 19.5 Å². The van der Waals surface area contributed by atoms with Crippen molar-refractivity contribution < 1.29 is 22.8 Å². The number of carbonyl (C=O) groups excluding carboxylic acids is 2.